The highest BCUT2D eigenvalue weighted by molar-refractivity contribution is 14.1. The molecule has 0 fully saturated rings. The average Bonchev–Trinajstić information content (AvgIpc) is 3.87. The number of methoxy groups -OCH3 is 2. The van der Waals surface area contributed by atoms with Gasteiger partial charge in [0, 0.05) is 75.2 Å². The number of aliphatic imine (C=N–C) groups is 1. The Kier molecular flexibility index (Phi) is 24.1. The number of benzene rings is 1. The van der Waals surface area contributed by atoms with Crippen molar-refractivity contribution in [1.29, 1.82) is 0 Å². The second-order valence-electron chi connectivity index (χ2n) is 15.1. The molecule has 3 aromatic heterocycles. The number of ether oxygens (including phenoxy) is 8. The molecule has 0 atom stereocenters. The van der Waals surface area contributed by atoms with Gasteiger partial charge in [0.05, 0.1) is 93.1 Å². The molecule has 0 aliphatic rings. The molecule has 0 saturated heterocycles. The minimum atomic E-state index is 0.0925. The van der Waals surface area contributed by atoms with E-state index in [9.17, 15) is 10.2 Å². The SMILES string of the molecule is CCc1c(I)[nH]c(Cc2[nH]c(Cc3[nH]c(C=Nc4cc(OCCOCCOCCOC)c(OCCOCCOCCOC)cc4N)c(C)c3CCCO)c(C)c2CCCO)c1CC. The Bertz CT molecular complexity index is 1960. The summed E-state index contributed by atoms with van der Waals surface area (Å²) in [6.07, 6.45) is 8.02. The summed E-state index contributed by atoms with van der Waals surface area (Å²) >= 11 is 2.42. The monoisotopic (exact) mass is 993 g/mol. The number of rotatable bonds is 34. The average molecular weight is 994 g/mol. The van der Waals surface area contributed by atoms with E-state index in [0.29, 0.717) is 115 Å². The number of anilines is 1. The summed E-state index contributed by atoms with van der Waals surface area (Å²) in [7, 11) is 3.27. The second kappa shape index (κ2) is 29.2. The minimum Gasteiger partial charge on any atom is -0.487 e. The maximum Gasteiger partial charge on any atom is 0.163 e. The van der Waals surface area contributed by atoms with Crippen LogP contribution in [0.15, 0.2) is 17.1 Å². The number of nitrogen functional groups attached to an aromatic ring is 1. The third kappa shape index (κ3) is 16.2. The van der Waals surface area contributed by atoms with E-state index >= 15 is 0 Å². The number of aliphatic hydroxyl groups is 2. The molecule has 0 radical (unpaired) electrons. The van der Waals surface area contributed by atoms with Crippen LogP contribution in [0.4, 0.5) is 11.4 Å². The zero-order valence-electron chi connectivity index (χ0n) is 38.4. The van der Waals surface area contributed by atoms with Crippen molar-refractivity contribution in [2.45, 2.75) is 79.1 Å². The fraction of sp³-hybridized carbons (Fsp3) is 0.596. The molecule has 63 heavy (non-hydrogen) atoms. The van der Waals surface area contributed by atoms with Crippen molar-refractivity contribution in [3.05, 3.63) is 77.7 Å². The number of hydrogen-bond acceptors (Lipinski definition) is 12. The first-order chi connectivity index (χ1) is 30.7. The van der Waals surface area contributed by atoms with E-state index in [1.165, 1.54) is 37.3 Å². The molecule has 0 aliphatic heterocycles. The lowest BCUT2D eigenvalue weighted by Gasteiger charge is -2.15. The van der Waals surface area contributed by atoms with Gasteiger partial charge in [-0.3, -0.25) is 4.99 Å². The highest BCUT2D eigenvalue weighted by atomic mass is 127. The number of halogens is 1. The van der Waals surface area contributed by atoms with Crippen molar-refractivity contribution in [3.63, 3.8) is 0 Å². The molecule has 352 valence electrons. The molecule has 1 aromatic carbocycles. The third-order valence-corrected chi connectivity index (χ3v) is 11.8. The molecular weight excluding hydrogens is 921 g/mol. The molecule has 15 nitrogen and oxygen atoms in total. The van der Waals surface area contributed by atoms with Gasteiger partial charge in [0.2, 0.25) is 0 Å². The summed E-state index contributed by atoms with van der Waals surface area (Å²) in [6.45, 7) is 14.1. The molecule has 16 heteroatoms. The lowest BCUT2D eigenvalue weighted by Crippen LogP contribution is -2.14. The highest BCUT2D eigenvalue weighted by Gasteiger charge is 2.22. The van der Waals surface area contributed by atoms with E-state index < -0.39 is 0 Å². The van der Waals surface area contributed by atoms with Gasteiger partial charge in [0.15, 0.2) is 11.5 Å². The van der Waals surface area contributed by atoms with Crippen LogP contribution in [0.5, 0.6) is 11.5 Å². The van der Waals surface area contributed by atoms with Crippen LogP contribution in [0.3, 0.4) is 0 Å². The van der Waals surface area contributed by atoms with Crippen LogP contribution in [0.2, 0.25) is 0 Å². The summed E-state index contributed by atoms with van der Waals surface area (Å²) < 4.78 is 45.8. The Morgan fingerprint density at radius 2 is 1.08 bits per heavy atom. The van der Waals surface area contributed by atoms with Crippen LogP contribution in [0, 0.1) is 17.5 Å². The third-order valence-electron chi connectivity index (χ3n) is 10.9. The zero-order valence-corrected chi connectivity index (χ0v) is 40.5. The summed E-state index contributed by atoms with van der Waals surface area (Å²) in [5.74, 6) is 0.952. The highest BCUT2D eigenvalue weighted by Crippen LogP contribution is 2.37. The predicted molar refractivity (Wildman–Crippen MR) is 256 cm³/mol. The fourth-order valence-corrected chi connectivity index (χ4v) is 8.59. The van der Waals surface area contributed by atoms with Crippen molar-refractivity contribution in [1.82, 2.24) is 15.0 Å². The lowest BCUT2D eigenvalue weighted by molar-refractivity contribution is 0.0160. The van der Waals surface area contributed by atoms with Crippen LogP contribution >= 0.6 is 22.6 Å². The van der Waals surface area contributed by atoms with E-state index in [1.54, 1.807) is 32.6 Å². The molecular formula is C47H72IN5O10. The molecule has 0 unspecified atom stereocenters. The van der Waals surface area contributed by atoms with E-state index in [1.807, 2.05) is 0 Å². The molecule has 0 aliphatic carbocycles. The van der Waals surface area contributed by atoms with Crippen LogP contribution in [-0.2, 0) is 66.9 Å². The minimum absolute atomic E-state index is 0.0925. The first-order valence-corrected chi connectivity index (χ1v) is 23.3. The van der Waals surface area contributed by atoms with Crippen LogP contribution in [-0.4, -0.2) is 138 Å². The number of nitrogens with zero attached hydrogens (tertiary/aromatic N) is 1. The normalized spacial score (nSPS) is 11.8. The molecule has 0 saturated carbocycles. The maximum atomic E-state index is 9.86. The summed E-state index contributed by atoms with van der Waals surface area (Å²) in [6, 6.07) is 3.50. The number of aromatic amines is 3. The first-order valence-electron chi connectivity index (χ1n) is 22.2. The van der Waals surface area contributed by atoms with Crippen molar-refractivity contribution in [2.24, 2.45) is 4.99 Å². The summed E-state index contributed by atoms with van der Waals surface area (Å²) in [5, 5.41) is 19.7. The molecule has 0 bridgehead atoms. The van der Waals surface area contributed by atoms with Crippen molar-refractivity contribution < 1.29 is 48.1 Å². The van der Waals surface area contributed by atoms with Gasteiger partial charge in [-0.1, -0.05) is 13.8 Å². The number of nitrogens with two attached hydrogens (primary N) is 1. The van der Waals surface area contributed by atoms with Crippen LogP contribution in [0.1, 0.15) is 88.5 Å². The topological polar surface area (TPSA) is 200 Å². The number of aromatic nitrogens is 3. The molecule has 4 rings (SSSR count). The largest absolute Gasteiger partial charge is 0.487 e. The van der Waals surface area contributed by atoms with Gasteiger partial charge in [0.25, 0.3) is 0 Å². The Morgan fingerprint density at radius 1 is 0.603 bits per heavy atom. The van der Waals surface area contributed by atoms with Crippen molar-refractivity contribution in [3.8, 4) is 11.5 Å². The first kappa shape index (κ1) is 52.2. The Labute approximate surface area is 387 Å². The van der Waals surface area contributed by atoms with Gasteiger partial charge < -0.3 is 68.8 Å². The maximum absolute atomic E-state index is 9.86. The number of nitrogens with one attached hydrogen (secondary N) is 3. The predicted octanol–water partition coefficient (Wildman–Crippen LogP) is 6.50. The fourth-order valence-electron chi connectivity index (χ4n) is 7.56. The van der Waals surface area contributed by atoms with E-state index in [-0.39, 0.29) is 26.4 Å². The van der Waals surface area contributed by atoms with E-state index in [0.717, 1.165) is 53.9 Å². The summed E-state index contributed by atoms with van der Waals surface area (Å²) in [5.41, 5.74) is 20.5. The summed E-state index contributed by atoms with van der Waals surface area (Å²) in [4.78, 5) is 16.1. The molecule has 3 heterocycles. The van der Waals surface area contributed by atoms with Gasteiger partial charge in [-0.15, -0.1) is 0 Å². The zero-order chi connectivity index (χ0) is 45.4. The second-order valence-corrected chi connectivity index (χ2v) is 16.2. The Balaban J connectivity index is 1.56. The van der Waals surface area contributed by atoms with Crippen molar-refractivity contribution in [2.75, 3.05) is 112 Å². The number of hydrogen-bond donors (Lipinski definition) is 6. The van der Waals surface area contributed by atoms with Gasteiger partial charge >= 0.3 is 0 Å². The molecule has 0 amide bonds. The van der Waals surface area contributed by atoms with E-state index in [4.69, 9.17) is 48.6 Å². The molecule has 7 N–H and O–H groups in total. The Morgan fingerprint density at radius 3 is 1.62 bits per heavy atom. The number of H-pyrrole nitrogens is 3. The van der Waals surface area contributed by atoms with Gasteiger partial charge in [-0.2, -0.15) is 0 Å². The van der Waals surface area contributed by atoms with Gasteiger partial charge in [0.1, 0.15) is 13.2 Å². The molecule has 0 spiro atoms. The van der Waals surface area contributed by atoms with Crippen LogP contribution < -0.4 is 15.2 Å². The smallest absolute Gasteiger partial charge is 0.163 e. The Hall–Kier alpha value is -3.46. The van der Waals surface area contributed by atoms with Gasteiger partial charge in [-0.05, 0) is 108 Å². The van der Waals surface area contributed by atoms with Crippen LogP contribution in [0.25, 0.3) is 0 Å². The van der Waals surface area contributed by atoms with E-state index in [2.05, 4.69) is 65.2 Å². The standard InChI is InChI=1S/C47H72IN5O10/c1-7-34-35(8-2)47(48)53-40(34)29-42-36(11-9-13-54)32(3)39(51-42)28-41-37(12-10-14-55)33(4)44(52-41)31-50-43-30-46(63-26-24-61-22-20-59-18-16-57-6)45(27-38(43)49)62-25-23-60-21-19-58-17-15-56-5/h27,30-31,51-55H,7-26,28-29,49H2,1-6H3. The quantitative estimate of drug-likeness (QED) is 0.0129. The molecule has 4 aromatic rings. The van der Waals surface area contributed by atoms with Crippen molar-refractivity contribution >= 4 is 40.2 Å². The number of aliphatic hydroxyl groups excluding tert-OH is 2. The lowest BCUT2D eigenvalue weighted by atomic mass is 9.98. The van der Waals surface area contributed by atoms with Gasteiger partial charge in [-0.25, -0.2) is 0 Å².